The van der Waals surface area contributed by atoms with Crippen LogP contribution in [0.15, 0.2) is 24.3 Å². The van der Waals surface area contributed by atoms with Gasteiger partial charge in [0.2, 0.25) is 0 Å². The fraction of sp³-hybridized carbons (Fsp3) is 0.500. The van der Waals surface area contributed by atoms with E-state index in [1.54, 1.807) is 0 Å². The van der Waals surface area contributed by atoms with Gasteiger partial charge in [0.15, 0.2) is 0 Å². The third-order valence-electron chi connectivity index (χ3n) is 4.14. The van der Waals surface area contributed by atoms with E-state index in [1.165, 1.54) is 39.2 Å². The van der Waals surface area contributed by atoms with Crippen molar-refractivity contribution in [3.8, 4) is 0 Å². The predicted octanol–water partition coefficient (Wildman–Crippen LogP) is 3.26. The van der Waals surface area contributed by atoms with Gasteiger partial charge in [0.1, 0.15) is 12.2 Å². The summed E-state index contributed by atoms with van der Waals surface area (Å²) in [6, 6.07) is 8.59. The molecule has 1 heterocycles. The molecule has 1 aliphatic carbocycles. The number of carbonyl (C=O) groups excluding carboxylic acids is 1. The first-order valence-electron chi connectivity index (χ1n) is 7.32. The number of benzene rings is 1. The molecular weight excluding hydrogens is 252 g/mol. The second-order valence-corrected chi connectivity index (χ2v) is 5.43. The average molecular weight is 272 g/mol. The molecule has 0 spiro atoms. The van der Waals surface area contributed by atoms with Gasteiger partial charge in [0, 0.05) is 6.04 Å². The SMILES string of the molecule is COC(=O)Cc1nc2ccccc2n1C1CCCCC1. The summed E-state index contributed by atoms with van der Waals surface area (Å²) in [7, 11) is 1.43. The van der Waals surface area contributed by atoms with Crippen molar-refractivity contribution < 1.29 is 9.53 Å². The first-order valence-corrected chi connectivity index (χ1v) is 7.32. The number of aromatic nitrogens is 2. The van der Waals surface area contributed by atoms with Gasteiger partial charge in [-0.05, 0) is 25.0 Å². The maximum absolute atomic E-state index is 11.6. The van der Waals surface area contributed by atoms with Crippen LogP contribution < -0.4 is 0 Å². The highest BCUT2D eigenvalue weighted by atomic mass is 16.5. The first-order chi connectivity index (χ1) is 9.79. The lowest BCUT2D eigenvalue weighted by atomic mass is 9.95. The Labute approximate surface area is 118 Å². The molecule has 4 nitrogen and oxygen atoms in total. The molecule has 0 atom stereocenters. The van der Waals surface area contributed by atoms with Crippen LogP contribution in [-0.4, -0.2) is 22.6 Å². The van der Waals surface area contributed by atoms with E-state index in [1.807, 2.05) is 18.2 Å². The summed E-state index contributed by atoms with van der Waals surface area (Å²) in [5.41, 5.74) is 2.11. The van der Waals surface area contributed by atoms with Crippen molar-refractivity contribution in [3.63, 3.8) is 0 Å². The zero-order valence-electron chi connectivity index (χ0n) is 11.8. The number of rotatable bonds is 3. The molecule has 0 unspecified atom stereocenters. The van der Waals surface area contributed by atoms with Gasteiger partial charge in [-0.1, -0.05) is 31.4 Å². The van der Waals surface area contributed by atoms with Crippen LogP contribution in [0.2, 0.25) is 0 Å². The molecule has 0 amide bonds. The number of hydrogen-bond donors (Lipinski definition) is 0. The summed E-state index contributed by atoms with van der Waals surface area (Å²) in [6.07, 6.45) is 6.43. The van der Waals surface area contributed by atoms with E-state index < -0.39 is 0 Å². The number of imidazole rings is 1. The van der Waals surface area contributed by atoms with Crippen LogP contribution in [0.4, 0.5) is 0 Å². The molecule has 2 aromatic rings. The highest BCUT2D eigenvalue weighted by molar-refractivity contribution is 5.78. The molecule has 1 fully saturated rings. The molecule has 4 heteroatoms. The third-order valence-corrected chi connectivity index (χ3v) is 4.14. The molecule has 1 saturated carbocycles. The molecule has 1 aromatic heterocycles. The quantitative estimate of drug-likeness (QED) is 0.806. The Hall–Kier alpha value is -1.84. The average Bonchev–Trinajstić information content (AvgIpc) is 2.85. The van der Waals surface area contributed by atoms with Crippen LogP contribution >= 0.6 is 0 Å². The largest absolute Gasteiger partial charge is 0.469 e. The monoisotopic (exact) mass is 272 g/mol. The van der Waals surface area contributed by atoms with Gasteiger partial charge in [-0.15, -0.1) is 0 Å². The second-order valence-electron chi connectivity index (χ2n) is 5.43. The maximum Gasteiger partial charge on any atom is 0.313 e. The Kier molecular flexibility index (Phi) is 3.72. The minimum Gasteiger partial charge on any atom is -0.469 e. The molecule has 0 N–H and O–H groups in total. The minimum atomic E-state index is -0.225. The summed E-state index contributed by atoms with van der Waals surface area (Å²) in [5.74, 6) is 0.613. The Morgan fingerprint density at radius 2 is 2.05 bits per heavy atom. The second kappa shape index (κ2) is 5.65. The summed E-state index contributed by atoms with van der Waals surface area (Å²) in [4.78, 5) is 16.3. The molecule has 1 aliphatic rings. The van der Waals surface area contributed by atoms with Crippen LogP contribution in [0, 0.1) is 0 Å². The Morgan fingerprint density at radius 3 is 2.80 bits per heavy atom. The molecule has 1 aromatic carbocycles. The molecule has 0 saturated heterocycles. The lowest BCUT2D eigenvalue weighted by Gasteiger charge is -2.25. The number of fused-ring (bicyclic) bond motifs is 1. The normalized spacial score (nSPS) is 16.4. The summed E-state index contributed by atoms with van der Waals surface area (Å²) < 4.78 is 7.07. The van der Waals surface area contributed by atoms with Gasteiger partial charge in [0.25, 0.3) is 0 Å². The number of carbonyl (C=O) groups is 1. The molecular formula is C16H20N2O2. The summed E-state index contributed by atoms with van der Waals surface area (Å²) in [6.45, 7) is 0. The van der Waals surface area contributed by atoms with Crippen molar-refractivity contribution in [1.29, 1.82) is 0 Å². The van der Waals surface area contributed by atoms with Gasteiger partial charge in [-0.2, -0.15) is 0 Å². The van der Waals surface area contributed by atoms with Crippen molar-refractivity contribution in [2.45, 2.75) is 44.6 Å². The van der Waals surface area contributed by atoms with Crippen LogP contribution in [-0.2, 0) is 16.0 Å². The topological polar surface area (TPSA) is 44.1 Å². The number of nitrogens with zero attached hydrogens (tertiary/aromatic N) is 2. The Morgan fingerprint density at radius 1 is 1.30 bits per heavy atom. The number of methoxy groups -OCH3 is 1. The van der Waals surface area contributed by atoms with Gasteiger partial charge in [0.05, 0.1) is 18.1 Å². The smallest absolute Gasteiger partial charge is 0.313 e. The number of esters is 1. The highest BCUT2D eigenvalue weighted by Gasteiger charge is 2.22. The van der Waals surface area contributed by atoms with E-state index in [4.69, 9.17) is 4.74 Å². The van der Waals surface area contributed by atoms with E-state index in [0.717, 1.165) is 16.9 Å². The van der Waals surface area contributed by atoms with Crippen molar-refractivity contribution >= 4 is 17.0 Å². The summed E-state index contributed by atoms with van der Waals surface area (Å²) in [5, 5.41) is 0. The zero-order chi connectivity index (χ0) is 13.9. The minimum absolute atomic E-state index is 0.225. The zero-order valence-corrected chi connectivity index (χ0v) is 11.8. The Balaban J connectivity index is 2.05. The maximum atomic E-state index is 11.6. The molecule has 3 rings (SSSR count). The summed E-state index contributed by atoms with van der Waals surface area (Å²) >= 11 is 0. The number of ether oxygens (including phenoxy) is 1. The van der Waals surface area contributed by atoms with Crippen LogP contribution in [0.25, 0.3) is 11.0 Å². The number of hydrogen-bond acceptors (Lipinski definition) is 3. The van der Waals surface area contributed by atoms with Crippen LogP contribution in [0.1, 0.15) is 44.0 Å². The van der Waals surface area contributed by atoms with E-state index >= 15 is 0 Å². The standard InChI is InChI=1S/C16H20N2O2/c1-20-16(19)11-15-17-13-9-5-6-10-14(13)18(15)12-7-3-2-4-8-12/h5-6,9-10,12H,2-4,7-8,11H2,1H3. The van der Waals surface area contributed by atoms with Crippen molar-refractivity contribution in [2.24, 2.45) is 0 Å². The third kappa shape index (κ3) is 2.42. The van der Waals surface area contributed by atoms with Gasteiger partial charge >= 0.3 is 5.97 Å². The predicted molar refractivity (Wildman–Crippen MR) is 77.6 cm³/mol. The molecule has 20 heavy (non-hydrogen) atoms. The van der Waals surface area contributed by atoms with Gasteiger partial charge in [-0.25, -0.2) is 4.98 Å². The molecule has 0 aliphatic heterocycles. The van der Waals surface area contributed by atoms with Crippen molar-refractivity contribution in [1.82, 2.24) is 9.55 Å². The fourth-order valence-corrected chi connectivity index (χ4v) is 3.17. The lowest BCUT2D eigenvalue weighted by molar-refractivity contribution is -0.139. The lowest BCUT2D eigenvalue weighted by Crippen LogP contribution is -2.18. The Bertz CT molecular complexity index is 612. The fourth-order valence-electron chi connectivity index (χ4n) is 3.17. The van der Waals surface area contributed by atoms with Crippen LogP contribution in [0.3, 0.4) is 0 Å². The van der Waals surface area contributed by atoms with Crippen molar-refractivity contribution in [3.05, 3.63) is 30.1 Å². The first kappa shape index (κ1) is 13.2. The van der Waals surface area contributed by atoms with Gasteiger partial charge < -0.3 is 9.30 Å². The van der Waals surface area contributed by atoms with E-state index in [0.29, 0.717) is 6.04 Å². The molecule has 0 bridgehead atoms. The van der Waals surface area contributed by atoms with E-state index in [-0.39, 0.29) is 12.4 Å². The molecule has 0 radical (unpaired) electrons. The van der Waals surface area contributed by atoms with Crippen molar-refractivity contribution in [2.75, 3.05) is 7.11 Å². The van der Waals surface area contributed by atoms with E-state index in [2.05, 4.69) is 15.6 Å². The highest BCUT2D eigenvalue weighted by Crippen LogP contribution is 2.32. The van der Waals surface area contributed by atoms with Gasteiger partial charge in [-0.3, -0.25) is 4.79 Å². The van der Waals surface area contributed by atoms with Crippen LogP contribution in [0.5, 0.6) is 0 Å². The van der Waals surface area contributed by atoms with E-state index in [9.17, 15) is 4.79 Å². The molecule has 106 valence electrons. The number of para-hydroxylation sites is 2.